The van der Waals surface area contributed by atoms with E-state index in [4.69, 9.17) is 11.6 Å². The topological polar surface area (TPSA) is 66.5 Å². The number of aromatic nitrogens is 4. The smallest absolute Gasteiger partial charge is 0.226 e. The van der Waals surface area contributed by atoms with E-state index in [9.17, 15) is 0 Å². The molecular formula is C15H22ClN5. The van der Waals surface area contributed by atoms with Gasteiger partial charge in [0.1, 0.15) is 5.52 Å². The van der Waals surface area contributed by atoms with E-state index < -0.39 is 0 Å². The Morgan fingerprint density at radius 1 is 1.33 bits per heavy atom. The molecule has 1 saturated carbocycles. The van der Waals surface area contributed by atoms with Crippen molar-refractivity contribution in [2.75, 3.05) is 11.9 Å². The maximum absolute atomic E-state index is 5.98. The number of hydrogen-bond acceptors (Lipinski definition) is 4. The molecule has 0 radical (unpaired) electrons. The first-order valence-corrected chi connectivity index (χ1v) is 8.06. The van der Waals surface area contributed by atoms with Crippen molar-refractivity contribution in [2.45, 2.75) is 46.0 Å². The van der Waals surface area contributed by atoms with E-state index in [1.54, 1.807) is 6.33 Å². The molecule has 0 aromatic carbocycles. The molecule has 114 valence electrons. The van der Waals surface area contributed by atoms with E-state index in [1.807, 2.05) is 0 Å². The summed E-state index contributed by atoms with van der Waals surface area (Å²) in [5.41, 5.74) is 1.83. The molecule has 0 unspecified atom stereocenters. The number of rotatable bonds is 5. The standard InChI is InChI=1S/C15H22ClN5/c1-10(2)7-15(5-3-4-6-15)8-17-12-11-13(19-9-18-11)21-14(16)20-12/h9-10H,3-8H2,1-2H3,(H2,17,18,19,20,21). The van der Waals surface area contributed by atoms with Crippen LogP contribution in [-0.4, -0.2) is 26.5 Å². The number of fused-ring (bicyclic) bond motifs is 1. The number of hydrogen-bond donors (Lipinski definition) is 2. The molecule has 3 rings (SSSR count). The number of nitrogens with one attached hydrogen (secondary N) is 2. The third-order valence-corrected chi connectivity index (χ3v) is 4.56. The Morgan fingerprint density at radius 3 is 2.81 bits per heavy atom. The van der Waals surface area contributed by atoms with Crippen LogP contribution < -0.4 is 5.32 Å². The quantitative estimate of drug-likeness (QED) is 0.819. The summed E-state index contributed by atoms with van der Waals surface area (Å²) < 4.78 is 0. The van der Waals surface area contributed by atoms with Crippen molar-refractivity contribution in [3.63, 3.8) is 0 Å². The molecule has 6 heteroatoms. The van der Waals surface area contributed by atoms with Crippen molar-refractivity contribution in [1.82, 2.24) is 19.9 Å². The lowest BCUT2D eigenvalue weighted by molar-refractivity contribution is 0.252. The molecule has 0 atom stereocenters. The number of imidazole rings is 1. The van der Waals surface area contributed by atoms with Crippen molar-refractivity contribution >= 4 is 28.6 Å². The summed E-state index contributed by atoms with van der Waals surface area (Å²) in [5.74, 6) is 1.48. The van der Waals surface area contributed by atoms with Crippen LogP contribution in [0.1, 0.15) is 46.0 Å². The van der Waals surface area contributed by atoms with Gasteiger partial charge in [-0.3, -0.25) is 0 Å². The lowest BCUT2D eigenvalue weighted by Gasteiger charge is -2.31. The fourth-order valence-electron chi connectivity index (χ4n) is 3.65. The van der Waals surface area contributed by atoms with Gasteiger partial charge in [0.05, 0.1) is 6.33 Å². The molecular weight excluding hydrogens is 286 g/mol. The van der Waals surface area contributed by atoms with E-state index in [0.29, 0.717) is 17.0 Å². The van der Waals surface area contributed by atoms with Crippen LogP contribution in [0.4, 0.5) is 5.82 Å². The van der Waals surface area contributed by atoms with Gasteiger partial charge < -0.3 is 10.3 Å². The largest absolute Gasteiger partial charge is 0.368 e. The molecule has 5 nitrogen and oxygen atoms in total. The summed E-state index contributed by atoms with van der Waals surface area (Å²) in [4.78, 5) is 15.7. The van der Waals surface area contributed by atoms with Crippen LogP contribution in [0.25, 0.3) is 11.2 Å². The molecule has 0 saturated heterocycles. The normalized spacial score (nSPS) is 17.7. The Morgan fingerprint density at radius 2 is 2.10 bits per heavy atom. The molecule has 2 heterocycles. The molecule has 0 bridgehead atoms. The van der Waals surface area contributed by atoms with Crippen molar-refractivity contribution in [1.29, 1.82) is 0 Å². The van der Waals surface area contributed by atoms with E-state index in [0.717, 1.165) is 17.9 Å². The van der Waals surface area contributed by atoms with Gasteiger partial charge in [-0.2, -0.15) is 9.97 Å². The van der Waals surface area contributed by atoms with Crippen LogP contribution >= 0.6 is 11.6 Å². The predicted octanol–water partition coefficient (Wildman–Crippen LogP) is 4.02. The van der Waals surface area contributed by atoms with Crippen molar-refractivity contribution in [2.24, 2.45) is 11.3 Å². The number of halogens is 1. The minimum atomic E-state index is 0.237. The van der Waals surface area contributed by atoms with E-state index in [2.05, 4.69) is 39.1 Å². The number of nitrogens with zero attached hydrogens (tertiary/aromatic N) is 3. The van der Waals surface area contributed by atoms with Crippen molar-refractivity contribution in [3.05, 3.63) is 11.6 Å². The second kappa shape index (κ2) is 5.79. The van der Waals surface area contributed by atoms with Crippen LogP contribution in [0.3, 0.4) is 0 Å². The predicted molar refractivity (Wildman–Crippen MR) is 85.5 cm³/mol. The summed E-state index contributed by atoms with van der Waals surface area (Å²) in [6, 6.07) is 0. The minimum Gasteiger partial charge on any atom is -0.368 e. The second-order valence-corrected chi connectivity index (χ2v) is 6.94. The fraction of sp³-hybridized carbons (Fsp3) is 0.667. The lowest BCUT2D eigenvalue weighted by atomic mass is 9.78. The molecule has 1 aliphatic carbocycles. The van der Waals surface area contributed by atoms with Crippen LogP contribution in [0.5, 0.6) is 0 Å². The van der Waals surface area contributed by atoms with Crippen LogP contribution in [0.15, 0.2) is 6.33 Å². The Bertz CT molecular complexity index is 616. The highest BCUT2D eigenvalue weighted by Gasteiger charge is 2.34. The van der Waals surface area contributed by atoms with Gasteiger partial charge in [-0.1, -0.05) is 26.7 Å². The molecule has 0 amide bonds. The Labute approximate surface area is 129 Å². The zero-order valence-electron chi connectivity index (χ0n) is 12.6. The summed E-state index contributed by atoms with van der Waals surface area (Å²) >= 11 is 5.98. The van der Waals surface area contributed by atoms with Gasteiger partial charge in [0.25, 0.3) is 0 Å². The zero-order chi connectivity index (χ0) is 14.9. The van der Waals surface area contributed by atoms with Crippen molar-refractivity contribution in [3.8, 4) is 0 Å². The molecule has 1 fully saturated rings. The van der Waals surface area contributed by atoms with Crippen molar-refractivity contribution < 1.29 is 0 Å². The van der Waals surface area contributed by atoms with E-state index >= 15 is 0 Å². The molecule has 2 aromatic heterocycles. The van der Waals surface area contributed by atoms with Gasteiger partial charge in [-0.25, -0.2) is 4.98 Å². The maximum atomic E-state index is 5.98. The second-order valence-electron chi connectivity index (χ2n) is 6.60. The highest BCUT2D eigenvalue weighted by atomic mass is 35.5. The Kier molecular flexibility index (Phi) is 4.02. The van der Waals surface area contributed by atoms with Gasteiger partial charge in [0.15, 0.2) is 11.5 Å². The Hall–Kier alpha value is -1.36. The molecule has 2 aromatic rings. The van der Waals surface area contributed by atoms with Crippen LogP contribution in [-0.2, 0) is 0 Å². The average molecular weight is 308 g/mol. The summed E-state index contributed by atoms with van der Waals surface area (Å²) in [6.45, 7) is 5.54. The molecule has 1 aliphatic rings. The lowest BCUT2D eigenvalue weighted by Crippen LogP contribution is -2.28. The average Bonchev–Trinajstić information content (AvgIpc) is 3.04. The summed E-state index contributed by atoms with van der Waals surface area (Å²) in [6.07, 6.45) is 8.13. The van der Waals surface area contributed by atoms with Gasteiger partial charge in [0, 0.05) is 6.54 Å². The van der Waals surface area contributed by atoms with E-state index in [-0.39, 0.29) is 5.28 Å². The third-order valence-electron chi connectivity index (χ3n) is 4.39. The monoisotopic (exact) mass is 307 g/mol. The first-order chi connectivity index (χ1) is 10.1. The number of H-pyrrole nitrogens is 1. The first-order valence-electron chi connectivity index (χ1n) is 7.68. The zero-order valence-corrected chi connectivity index (χ0v) is 13.4. The van der Waals surface area contributed by atoms with Gasteiger partial charge in [-0.15, -0.1) is 0 Å². The molecule has 2 N–H and O–H groups in total. The maximum Gasteiger partial charge on any atom is 0.226 e. The van der Waals surface area contributed by atoms with Gasteiger partial charge >= 0.3 is 0 Å². The highest BCUT2D eigenvalue weighted by molar-refractivity contribution is 6.28. The van der Waals surface area contributed by atoms with Gasteiger partial charge in [-0.05, 0) is 42.2 Å². The van der Waals surface area contributed by atoms with Crippen LogP contribution in [0, 0.1) is 11.3 Å². The first kappa shape index (κ1) is 14.6. The fourth-order valence-corrected chi connectivity index (χ4v) is 3.81. The van der Waals surface area contributed by atoms with E-state index in [1.165, 1.54) is 32.1 Å². The summed E-state index contributed by atoms with van der Waals surface area (Å²) in [7, 11) is 0. The molecule has 0 spiro atoms. The molecule has 21 heavy (non-hydrogen) atoms. The highest BCUT2D eigenvalue weighted by Crippen LogP contribution is 2.43. The minimum absolute atomic E-state index is 0.237. The SMILES string of the molecule is CC(C)CC1(CNc2nc(Cl)nc3nc[nH]c23)CCCC1. The summed E-state index contributed by atoms with van der Waals surface area (Å²) in [5, 5.41) is 3.73. The van der Waals surface area contributed by atoms with Crippen LogP contribution in [0.2, 0.25) is 5.28 Å². The third kappa shape index (κ3) is 3.12. The number of anilines is 1. The van der Waals surface area contributed by atoms with Gasteiger partial charge in [0.2, 0.25) is 5.28 Å². The molecule has 0 aliphatic heterocycles. The Balaban J connectivity index is 1.80. The number of aromatic amines is 1.